The minimum atomic E-state index is -3.72. The zero-order valence-corrected chi connectivity index (χ0v) is 19.6. The van der Waals surface area contributed by atoms with Gasteiger partial charge in [-0.05, 0) is 44.9 Å². The molecule has 0 saturated carbocycles. The van der Waals surface area contributed by atoms with Crippen LogP contribution in [0.5, 0.6) is 0 Å². The number of likely N-dealkylation sites (N-methyl/N-ethyl adjacent to an activating group) is 1. The van der Waals surface area contributed by atoms with Gasteiger partial charge in [0.15, 0.2) is 0 Å². The number of para-hydroxylation sites is 1. The Balaban J connectivity index is 2.38. The third-order valence-electron chi connectivity index (χ3n) is 5.06. The highest BCUT2D eigenvalue weighted by Gasteiger charge is 2.30. The SMILES string of the molecule is CCNC(=O)C(C)N(Cc1ccc(C)cc1)C(=O)CN(c1ccccc1C)S(C)(=O)=O. The van der Waals surface area contributed by atoms with Crippen LogP contribution in [-0.4, -0.2) is 50.5 Å². The average molecular weight is 446 g/mol. The van der Waals surface area contributed by atoms with Gasteiger partial charge >= 0.3 is 0 Å². The summed E-state index contributed by atoms with van der Waals surface area (Å²) in [4.78, 5) is 27.3. The van der Waals surface area contributed by atoms with Crippen molar-refractivity contribution in [2.24, 2.45) is 0 Å². The molecule has 2 rings (SSSR count). The van der Waals surface area contributed by atoms with Crippen LogP contribution in [0.15, 0.2) is 48.5 Å². The van der Waals surface area contributed by atoms with Crippen molar-refractivity contribution in [3.05, 3.63) is 65.2 Å². The second-order valence-electron chi connectivity index (χ2n) is 7.63. The van der Waals surface area contributed by atoms with Crippen LogP contribution in [0.3, 0.4) is 0 Å². The van der Waals surface area contributed by atoms with E-state index in [1.807, 2.05) is 37.3 Å². The molecule has 0 fully saturated rings. The van der Waals surface area contributed by atoms with Crippen molar-refractivity contribution in [1.82, 2.24) is 10.2 Å². The summed E-state index contributed by atoms with van der Waals surface area (Å²) in [5.41, 5.74) is 3.12. The number of anilines is 1. The number of hydrogen-bond acceptors (Lipinski definition) is 4. The van der Waals surface area contributed by atoms with Crippen molar-refractivity contribution in [3.8, 4) is 0 Å². The van der Waals surface area contributed by atoms with Gasteiger partial charge in [0.25, 0.3) is 0 Å². The Morgan fingerprint density at radius 2 is 1.65 bits per heavy atom. The molecule has 8 heteroatoms. The lowest BCUT2D eigenvalue weighted by molar-refractivity contribution is -0.139. The van der Waals surface area contributed by atoms with E-state index in [1.165, 1.54) is 4.90 Å². The van der Waals surface area contributed by atoms with Gasteiger partial charge in [0.2, 0.25) is 21.8 Å². The first-order chi connectivity index (χ1) is 14.5. The van der Waals surface area contributed by atoms with Crippen molar-refractivity contribution in [1.29, 1.82) is 0 Å². The van der Waals surface area contributed by atoms with Gasteiger partial charge in [-0.3, -0.25) is 13.9 Å². The second kappa shape index (κ2) is 10.4. The van der Waals surface area contributed by atoms with Crippen molar-refractivity contribution in [3.63, 3.8) is 0 Å². The van der Waals surface area contributed by atoms with Crippen LogP contribution in [0.2, 0.25) is 0 Å². The normalized spacial score (nSPS) is 12.2. The minimum Gasteiger partial charge on any atom is -0.355 e. The average Bonchev–Trinajstić information content (AvgIpc) is 2.71. The second-order valence-corrected chi connectivity index (χ2v) is 9.54. The lowest BCUT2D eigenvalue weighted by Crippen LogP contribution is -2.51. The molecule has 0 radical (unpaired) electrons. The minimum absolute atomic E-state index is 0.197. The van der Waals surface area contributed by atoms with Crippen LogP contribution in [0.1, 0.15) is 30.5 Å². The predicted octanol–water partition coefficient (Wildman–Crippen LogP) is 2.62. The lowest BCUT2D eigenvalue weighted by Gasteiger charge is -2.31. The highest BCUT2D eigenvalue weighted by Crippen LogP contribution is 2.22. The fourth-order valence-electron chi connectivity index (χ4n) is 3.23. The molecule has 7 nitrogen and oxygen atoms in total. The molecular weight excluding hydrogens is 414 g/mol. The summed E-state index contributed by atoms with van der Waals surface area (Å²) >= 11 is 0. The van der Waals surface area contributed by atoms with Crippen molar-refractivity contribution in [2.45, 2.75) is 40.3 Å². The molecule has 1 N–H and O–H groups in total. The summed E-state index contributed by atoms with van der Waals surface area (Å²) in [6.07, 6.45) is 1.07. The van der Waals surface area contributed by atoms with Gasteiger partial charge in [-0.15, -0.1) is 0 Å². The maximum absolute atomic E-state index is 13.3. The first-order valence-electron chi connectivity index (χ1n) is 10.2. The van der Waals surface area contributed by atoms with Gasteiger partial charge in [0, 0.05) is 13.1 Å². The van der Waals surface area contributed by atoms with Gasteiger partial charge in [-0.2, -0.15) is 0 Å². The Labute approximate surface area is 185 Å². The molecule has 0 aliphatic carbocycles. The molecule has 0 saturated heterocycles. The van der Waals surface area contributed by atoms with Crippen LogP contribution >= 0.6 is 0 Å². The van der Waals surface area contributed by atoms with Crippen LogP contribution in [-0.2, 0) is 26.2 Å². The number of nitrogens with zero attached hydrogens (tertiary/aromatic N) is 2. The van der Waals surface area contributed by atoms with Crippen LogP contribution in [0.4, 0.5) is 5.69 Å². The Hall–Kier alpha value is -2.87. The number of carbonyl (C=O) groups excluding carboxylic acids is 2. The molecule has 0 bridgehead atoms. The third-order valence-corrected chi connectivity index (χ3v) is 6.18. The summed E-state index contributed by atoms with van der Waals surface area (Å²) in [7, 11) is -3.72. The molecule has 0 spiro atoms. The molecule has 31 heavy (non-hydrogen) atoms. The molecule has 0 aliphatic heterocycles. The van der Waals surface area contributed by atoms with E-state index >= 15 is 0 Å². The number of rotatable bonds is 9. The van der Waals surface area contributed by atoms with E-state index in [4.69, 9.17) is 0 Å². The molecule has 1 atom stereocenters. The molecule has 0 aliphatic rings. The van der Waals surface area contributed by atoms with E-state index in [0.717, 1.165) is 27.3 Å². The Morgan fingerprint density at radius 3 is 2.19 bits per heavy atom. The van der Waals surface area contributed by atoms with Crippen LogP contribution in [0, 0.1) is 13.8 Å². The number of hydrogen-bond donors (Lipinski definition) is 1. The number of benzene rings is 2. The topological polar surface area (TPSA) is 86.8 Å². The van der Waals surface area contributed by atoms with Crippen molar-refractivity contribution < 1.29 is 18.0 Å². The first-order valence-corrected chi connectivity index (χ1v) is 12.1. The van der Waals surface area contributed by atoms with Gasteiger partial charge in [0.1, 0.15) is 12.6 Å². The van der Waals surface area contributed by atoms with Gasteiger partial charge < -0.3 is 10.2 Å². The predicted molar refractivity (Wildman–Crippen MR) is 123 cm³/mol. The number of carbonyl (C=O) groups is 2. The molecule has 2 aromatic carbocycles. The highest BCUT2D eigenvalue weighted by molar-refractivity contribution is 7.92. The third kappa shape index (κ3) is 6.55. The number of sulfonamides is 1. The van der Waals surface area contributed by atoms with E-state index in [-0.39, 0.29) is 19.0 Å². The van der Waals surface area contributed by atoms with Crippen molar-refractivity contribution >= 4 is 27.5 Å². The molecule has 0 heterocycles. The highest BCUT2D eigenvalue weighted by atomic mass is 32.2. The standard InChI is InChI=1S/C23H31N3O4S/c1-6-24-23(28)19(4)25(15-20-13-11-17(2)12-14-20)22(27)16-26(31(5,29)30)21-10-8-7-9-18(21)3/h7-14,19H,6,15-16H2,1-5H3,(H,24,28). The zero-order chi connectivity index (χ0) is 23.2. The van der Waals surface area contributed by atoms with Crippen molar-refractivity contribution in [2.75, 3.05) is 23.7 Å². The summed E-state index contributed by atoms with van der Waals surface area (Å²) in [6.45, 7) is 7.46. The number of amides is 2. The molecule has 2 aromatic rings. The molecule has 2 amide bonds. The quantitative estimate of drug-likeness (QED) is 0.643. The van der Waals surface area contributed by atoms with E-state index in [2.05, 4.69) is 5.32 Å². The van der Waals surface area contributed by atoms with E-state index < -0.39 is 22.0 Å². The van der Waals surface area contributed by atoms with Gasteiger partial charge in [-0.25, -0.2) is 8.42 Å². The lowest BCUT2D eigenvalue weighted by atomic mass is 10.1. The Kier molecular flexibility index (Phi) is 8.21. The Morgan fingerprint density at radius 1 is 1.03 bits per heavy atom. The summed E-state index contributed by atoms with van der Waals surface area (Å²) in [6, 6.07) is 13.9. The maximum atomic E-state index is 13.3. The summed E-state index contributed by atoms with van der Waals surface area (Å²) < 4.78 is 26.1. The van der Waals surface area contributed by atoms with E-state index in [9.17, 15) is 18.0 Å². The van der Waals surface area contributed by atoms with Crippen LogP contribution < -0.4 is 9.62 Å². The molecule has 1 unspecified atom stereocenters. The Bertz CT molecular complexity index is 1020. The summed E-state index contributed by atoms with van der Waals surface area (Å²) in [5.74, 6) is -0.738. The fraction of sp³-hybridized carbons (Fsp3) is 0.391. The fourth-order valence-corrected chi connectivity index (χ4v) is 4.14. The first kappa shape index (κ1) is 24.4. The monoisotopic (exact) mass is 445 g/mol. The number of aryl methyl sites for hydroxylation is 2. The molecule has 168 valence electrons. The van der Waals surface area contributed by atoms with Gasteiger partial charge in [0.05, 0.1) is 11.9 Å². The molecular formula is C23H31N3O4S. The zero-order valence-electron chi connectivity index (χ0n) is 18.8. The smallest absolute Gasteiger partial charge is 0.244 e. The maximum Gasteiger partial charge on any atom is 0.244 e. The van der Waals surface area contributed by atoms with Gasteiger partial charge in [-0.1, -0.05) is 48.0 Å². The van der Waals surface area contributed by atoms with E-state index in [0.29, 0.717) is 12.2 Å². The van der Waals surface area contributed by atoms with E-state index in [1.54, 1.807) is 39.0 Å². The number of nitrogens with one attached hydrogen (secondary N) is 1. The summed E-state index contributed by atoms with van der Waals surface area (Å²) in [5, 5.41) is 2.74. The molecule has 0 aromatic heterocycles. The van der Waals surface area contributed by atoms with Crippen LogP contribution in [0.25, 0.3) is 0 Å². The largest absolute Gasteiger partial charge is 0.355 e.